The van der Waals surface area contributed by atoms with Gasteiger partial charge in [0.15, 0.2) is 0 Å². The van der Waals surface area contributed by atoms with Gasteiger partial charge in [-0.15, -0.1) is 0 Å². The lowest BCUT2D eigenvalue weighted by Gasteiger charge is -2.03. The number of aliphatic hydroxyl groups is 1. The van der Waals surface area contributed by atoms with Crippen molar-refractivity contribution in [3.8, 4) is 0 Å². The summed E-state index contributed by atoms with van der Waals surface area (Å²) in [7, 11) is 0. The Balaban J connectivity index is 0.000000302. The second-order valence-corrected chi connectivity index (χ2v) is 3.88. The van der Waals surface area contributed by atoms with Gasteiger partial charge in [0.2, 0.25) is 0 Å². The second kappa shape index (κ2) is 9.85. The van der Waals surface area contributed by atoms with Gasteiger partial charge in [-0.2, -0.15) is 0 Å². The number of carbonyl (C=O) groups is 1. The van der Waals surface area contributed by atoms with Crippen molar-refractivity contribution in [3.05, 3.63) is 35.9 Å². The average molecular weight is 238 g/mol. The van der Waals surface area contributed by atoms with Crippen LogP contribution in [0.2, 0.25) is 0 Å². The summed E-state index contributed by atoms with van der Waals surface area (Å²) < 4.78 is 4.56. The highest BCUT2D eigenvalue weighted by molar-refractivity contribution is 5.71. The zero-order valence-corrected chi connectivity index (χ0v) is 10.8. The maximum atomic E-state index is 10.6. The summed E-state index contributed by atoms with van der Waals surface area (Å²) in [4.78, 5) is 10.6. The van der Waals surface area contributed by atoms with Crippen LogP contribution in [0, 0.1) is 5.92 Å². The Morgan fingerprint density at radius 1 is 1.29 bits per heavy atom. The van der Waals surface area contributed by atoms with Gasteiger partial charge >= 0.3 is 5.97 Å². The molecule has 0 radical (unpaired) electrons. The van der Waals surface area contributed by atoms with Gasteiger partial charge in [-0.1, -0.05) is 51.1 Å². The smallest absolute Gasteiger partial charge is 0.308 e. The Labute approximate surface area is 103 Å². The molecule has 0 atom stereocenters. The van der Waals surface area contributed by atoms with Crippen LogP contribution in [0.25, 0.3) is 0 Å². The standard InChI is InChI=1S/C8H10.C6H12O3/c1-2-8-6-4-3-5-7-8;1-5(2)6(8)9-4-3-7/h3-7H,2H2,1H3;5,7H,3-4H2,1-2H3. The second-order valence-electron chi connectivity index (χ2n) is 3.88. The molecule has 0 amide bonds. The van der Waals surface area contributed by atoms with Crippen molar-refractivity contribution in [1.82, 2.24) is 0 Å². The van der Waals surface area contributed by atoms with Gasteiger partial charge in [-0.25, -0.2) is 0 Å². The number of ether oxygens (including phenoxy) is 1. The topological polar surface area (TPSA) is 46.5 Å². The van der Waals surface area contributed by atoms with E-state index < -0.39 is 0 Å². The molecule has 1 aromatic carbocycles. The van der Waals surface area contributed by atoms with E-state index in [9.17, 15) is 4.79 Å². The maximum Gasteiger partial charge on any atom is 0.308 e. The molecule has 0 heterocycles. The minimum Gasteiger partial charge on any atom is -0.463 e. The quantitative estimate of drug-likeness (QED) is 0.819. The summed E-state index contributed by atoms with van der Waals surface area (Å²) in [6, 6.07) is 10.5. The normalized spacial score (nSPS) is 9.47. The molecule has 0 aromatic heterocycles. The van der Waals surface area contributed by atoms with Crippen molar-refractivity contribution in [2.24, 2.45) is 5.92 Å². The number of rotatable bonds is 4. The average Bonchev–Trinajstić information content (AvgIpc) is 2.37. The number of benzene rings is 1. The van der Waals surface area contributed by atoms with Gasteiger partial charge in [0.1, 0.15) is 6.61 Å². The summed E-state index contributed by atoms with van der Waals surface area (Å²) in [6.07, 6.45) is 1.14. The molecule has 1 N–H and O–H groups in total. The first-order valence-corrected chi connectivity index (χ1v) is 5.93. The van der Waals surface area contributed by atoms with Gasteiger partial charge in [0.25, 0.3) is 0 Å². The zero-order chi connectivity index (χ0) is 13.1. The predicted molar refractivity (Wildman–Crippen MR) is 68.7 cm³/mol. The van der Waals surface area contributed by atoms with Gasteiger partial charge in [-0.05, 0) is 12.0 Å². The zero-order valence-electron chi connectivity index (χ0n) is 10.8. The molecule has 3 heteroatoms. The van der Waals surface area contributed by atoms with E-state index >= 15 is 0 Å². The largest absolute Gasteiger partial charge is 0.463 e. The Bertz CT molecular complexity index is 294. The van der Waals surface area contributed by atoms with Crippen molar-refractivity contribution >= 4 is 5.97 Å². The molecule has 1 rings (SSSR count). The first kappa shape index (κ1) is 15.7. The molecule has 1 aromatic rings. The highest BCUT2D eigenvalue weighted by Gasteiger charge is 2.06. The summed E-state index contributed by atoms with van der Waals surface area (Å²) in [5, 5.41) is 8.22. The molecule has 17 heavy (non-hydrogen) atoms. The third kappa shape index (κ3) is 8.46. The van der Waals surface area contributed by atoms with E-state index in [1.165, 1.54) is 5.56 Å². The van der Waals surface area contributed by atoms with Crippen LogP contribution in [-0.4, -0.2) is 24.3 Å². The molecule has 0 fully saturated rings. The van der Waals surface area contributed by atoms with Crippen LogP contribution < -0.4 is 0 Å². The minimum absolute atomic E-state index is 0.0987. The number of hydrogen-bond donors (Lipinski definition) is 1. The third-order valence-corrected chi connectivity index (χ3v) is 2.06. The molecule has 0 saturated heterocycles. The highest BCUT2D eigenvalue weighted by atomic mass is 16.5. The summed E-state index contributed by atoms with van der Waals surface area (Å²) in [5.41, 5.74) is 1.41. The van der Waals surface area contributed by atoms with E-state index in [1.54, 1.807) is 13.8 Å². The molecule has 96 valence electrons. The number of aliphatic hydroxyl groups excluding tert-OH is 1. The van der Waals surface area contributed by atoms with Crippen molar-refractivity contribution in [2.45, 2.75) is 27.2 Å². The highest BCUT2D eigenvalue weighted by Crippen LogP contribution is 1.96. The first-order chi connectivity index (χ1) is 8.11. The monoisotopic (exact) mass is 238 g/mol. The molecule has 0 aliphatic rings. The molecule has 0 unspecified atom stereocenters. The Hall–Kier alpha value is -1.35. The van der Waals surface area contributed by atoms with Crippen molar-refractivity contribution < 1.29 is 14.6 Å². The lowest BCUT2D eigenvalue weighted by molar-refractivity contribution is -0.148. The van der Waals surface area contributed by atoms with E-state index in [-0.39, 0.29) is 25.1 Å². The summed E-state index contributed by atoms with van der Waals surface area (Å²) in [5.74, 6) is -0.361. The fraction of sp³-hybridized carbons (Fsp3) is 0.500. The Kier molecular flexibility index (Phi) is 9.06. The van der Waals surface area contributed by atoms with Gasteiger partial charge < -0.3 is 9.84 Å². The summed E-state index contributed by atoms with van der Waals surface area (Å²) in [6.45, 7) is 5.67. The van der Waals surface area contributed by atoms with Gasteiger partial charge in [0, 0.05) is 0 Å². The first-order valence-electron chi connectivity index (χ1n) is 5.93. The fourth-order valence-electron chi connectivity index (χ4n) is 1.03. The van der Waals surface area contributed by atoms with E-state index in [2.05, 4.69) is 35.9 Å². The van der Waals surface area contributed by atoms with Crippen LogP contribution in [0.4, 0.5) is 0 Å². The van der Waals surface area contributed by atoms with Crippen LogP contribution in [0.3, 0.4) is 0 Å². The molecule has 0 spiro atoms. The van der Waals surface area contributed by atoms with Crippen LogP contribution in [0.15, 0.2) is 30.3 Å². The SMILES string of the molecule is CC(C)C(=O)OCCO.CCc1ccccc1. The molecule has 3 nitrogen and oxygen atoms in total. The maximum absolute atomic E-state index is 10.6. The van der Waals surface area contributed by atoms with Crippen molar-refractivity contribution in [1.29, 1.82) is 0 Å². The molecular weight excluding hydrogens is 216 g/mol. The molecule has 0 bridgehead atoms. The van der Waals surface area contributed by atoms with Crippen molar-refractivity contribution in [2.75, 3.05) is 13.2 Å². The summed E-state index contributed by atoms with van der Waals surface area (Å²) >= 11 is 0. The van der Waals surface area contributed by atoms with Crippen LogP contribution in [0.1, 0.15) is 26.3 Å². The number of esters is 1. The molecule has 0 aliphatic carbocycles. The fourth-order valence-corrected chi connectivity index (χ4v) is 1.03. The lowest BCUT2D eigenvalue weighted by Crippen LogP contribution is -2.13. The number of hydrogen-bond acceptors (Lipinski definition) is 3. The van der Waals surface area contributed by atoms with Gasteiger partial charge in [0.05, 0.1) is 12.5 Å². The van der Waals surface area contributed by atoms with E-state index in [4.69, 9.17) is 5.11 Å². The number of carbonyl (C=O) groups excluding carboxylic acids is 1. The van der Waals surface area contributed by atoms with Crippen LogP contribution in [-0.2, 0) is 16.0 Å². The third-order valence-electron chi connectivity index (χ3n) is 2.06. The van der Waals surface area contributed by atoms with Crippen LogP contribution >= 0.6 is 0 Å². The lowest BCUT2D eigenvalue weighted by atomic mass is 10.2. The Morgan fingerprint density at radius 3 is 2.24 bits per heavy atom. The van der Waals surface area contributed by atoms with E-state index in [0.717, 1.165) is 6.42 Å². The minimum atomic E-state index is -0.260. The van der Waals surface area contributed by atoms with Crippen LogP contribution in [0.5, 0.6) is 0 Å². The molecular formula is C14H22O3. The van der Waals surface area contributed by atoms with Crippen molar-refractivity contribution in [3.63, 3.8) is 0 Å². The molecule has 0 aliphatic heterocycles. The van der Waals surface area contributed by atoms with Gasteiger partial charge in [-0.3, -0.25) is 4.79 Å². The Morgan fingerprint density at radius 2 is 1.88 bits per heavy atom. The van der Waals surface area contributed by atoms with E-state index in [0.29, 0.717) is 0 Å². The molecule has 0 saturated carbocycles. The predicted octanol–water partition coefficient (Wildman–Crippen LogP) is 2.43. The van der Waals surface area contributed by atoms with E-state index in [1.807, 2.05) is 6.07 Å². The number of aryl methyl sites for hydroxylation is 1.